The molecule has 0 N–H and O–H groups in total. The average molecular weight is 751 g/mol. The molecule has 1 saturated carbocycles. The quantitative estimate of drug-likeness (QED) is 0.144. The molecule has 0 unspecified atom stereocenters. The summed E-state index contributed by atoms with van der Waals surface area (Å²) in [6, 6.07) is 36.3. The van der Waals surface area contributed by atoms with Gasteiger partial charge in [-0.2, -0.15) is 26.3 Å². The van der Waals surface area contributed by atoms with Gasteiger partial charge in [0.2, 0.25) is 0 Å². The van der Waals surface area contributed by atoms with Crippen LogP contribution >= 0.6 is 23.5 Å². The Morgan fingerprint density at radius 1 is 0.434 bits per heavy atom. The molecule has 0 amide bonds. The molecule has 3 aliphatic heterocycles. The SMILES string of the molecule is FC1(F)C2=C3c4ccccc4S[C@@]34COc3ccc5ccccc5c3-c3c(ccc5ccccc35)OC[C@@]43Sc4ccccc4C3=C2C(F)(F)C1(F)F. The highest BCUT2D eigenvalue weighted by Gasteiger charge is 2.85. The van der Waals surface area contributed by atoms with E-state index in [4.69, 9.17) is 9.47 Å². The van der Waals surface area contributed by atoms with Crippen LogP contribution in [0, 0.1) is 0 Å². The molecule has 5 aliphatic rings. The number of hydrogen-bond donors (Lipinski definition) is 0. The normalized spacial score (nSPS) is 25.2. The van der Waals surface area contributed by atoms with Crippen LogP contribution in [0.3, 0.4) is 0 Å². The summed E-state index contributed by atoms with van der Waals surface area (Å²) in [7, 11) is 0. The van der Waals surface area contributed by atoms with Crippen molar-refractivity contribution < 1.29 is 35.8 Å². The van der Waals surface area contributed by atoms with Crippen molar-refractivity contribution >= 4 is 56.2 Å². The number of alkyl halides is 6. The van der Waals surface area contributed by atoms with Crippen LogP contribution in [-0.2, 0) is 0 Å². The van der Waals surface area contributed by atoms with Gasteiger partial charge in [-0.05, 0) is 68.1 Å². The van der Waals surface area contributed by atoms with Crippen LogP contribution in [0.1, 0.15) is 11.1 Å². The van der Waals surface area contributed by atoms with Gasteiger partial charge in [-0.15, -0.1) is 23.5 Å². The molecule has 6 aromatic carbocycles. The molecule has 0 saturated heterocycles. The van der Waals surface area contributed by atoms with Crippen LogP contribution in [0.15, 0.2) is 142 Å². The van der Waals surface area contributed by atoms with Gasteiger partial charge in [0.1, 0.15) is 34.2 Å². The minimum Gasteiger partial charge on any atom is -0.491 e. The van der Waals surface area contributed by atoms with E-state index in [0.717, 1.165) is 32.7 Å². The fourth-order valence-corrected chi connectivity index (χ4v) is 12.5. The van der Waals surface area contributed by atoms with Gasteiger partial charge in [0, 0.05) is 32.1 Å². The summed E-state index contributed by atoms with van der Waals surface area (Å²) >= 11 is 2.40. The molecule has 0 aromatic heterocycles. The number of thioether (sulfide) groups is 2. The standard InChI is InChI=1S/C43H24F6O2S2/c44-41(45)37-35-27-13-5-7-15-31(27)52-39(35)21-50-29-19-17-23-9-1-3-11-25(23)33(29)34-26-12-4-2-10-24(26)18-20-30(34)51-22-40(39)36(28-14-6-8-16-32(28)53-40)38(37)42(46,47)43(41,48)49/h1-20H,21-22H2/t39-,40-/m0/s1. The lowest BCUT2D eigenvalue weighted by Crippen LogP contribution is -2.58. The fraction of sp³-hybridized carbons (Fsp3) is 0.163. The zero-order valence-electron chi connectivity index (χ0n) is 27.4. The fourth-order valence-electron chi connectivity index (χ4n) is 9.12. The summed E-state index contributed by atoms with van der Waals surface area (Å²) in [6.07, 6.45) is 0. The van der Waals surface area contributed by atoms with Gasteiger partial charge in [0.15, 0.2) is 0 Å². The Hall–Kier alpha value is -4.80. The van der Waals surface area contributed by atoms with Crippen LogP contribution in [0.25, 0.3) is 43.8 Å². The molecule has 53 heavy (non-hydrogen) atoms. The van der Waals surface area contributed by atoms with E-state index in [2.05, 4.69) is 0 Å². The molecular formula is C43H24F6O2S2. The van der Waals surface area contributed by atoms with E-state index in [1.165, 1.54) is 23.5 Å². The highest BCUT2D eigenvalue weighted by atomic mass is 32.2. The topological polar surface area (TPSA) is 18.5 Å². The summed E-state index contributed by atoms with van der Waals surface area (Å²) in [6.45, 7) is -0.629. The Morgan fingerprint density at radius 2 is 0.830 bits per heavy atom. The number of ether oxygens (including phenoxy) is 2. The first kappa shape index (κ1) is 31.7. The first-order chi connectivity index (χ1) is 25.5. The van der Waals surface area contributed by atoms with Gasteiger partial charge in [-0.1, -0.05) is 97.1 Å². The van der Waals surface area contributed by atoms with E-state index in [-0.39, 0.29) is 35.5 Å². The Labute approximate surface area is 307 Å². The molecular weight excluding hydrogens is 727 g/mol. The number of allylic oxidation sites excluding steroid dienone is 2. The van der Waals surface area contributed by atoms with Crippen LogP contribution in [0.4, 0.5) is 26.3 Å². The molecule has 2 atom stereocenters. The minimum atomic E-state index is -5.70. The third-order valence-electron chi connectivity index (χ3n) is 11.4. The van der Waals surface area contributed by atoms with Crippen LogP contribution in [0.5, 0.6) is 11.5 Å². The van der Waals surface area contributed by atoms with Crippen molar-refractivity contribution in [3.05, 3.63) is 144 Å². The van der Waals surface area contributed by atoms with E-state index in [1.807, 2.05) is 72.8 Å². The Balaban J connectivity index is 1.29. The van der Waals surface area contributed by atoms with Crippen LogP contribution in [0.2, 0.25) is 0 Å². The molecule has 2 nitrogen and oxygen atoms in total. The predicted octanol–water partition coefficient (Wildman–Crippen LogP) is 12.0. The van der Waals surface area contributed by atoms with Gasteiger partial charge >= 0.3 is 17.8 Å². The smallest absolute Gasteiger partial charge is 0.380 e. The maximum atomic E-state index is 16.5. The van der Waals surface area contributed by atoms with Crippen molar-refractivity contribution in [2.24, 2.45) is 0 Å². The van der Waals surface area contributed by atoms with E-state index in [9.17, 15) is 0 Å². The van der Waals surface area contributed by atoms with Crippen LogP contribution in [-0.4, -0.2) is 40.5 Å². The molecule has 3 heterocycles. The van der Waals surface area contributed by atoms with Crippen molar-refractivity contribution in [3.8, 4) is 22.6 Å². The lowest BCUT2D eigenvalue weighted by Gasteiger charge is -2.50. The highest BCUT2D eigenvalue weighted by molar-refractivity contribution is 8.06. The Bertz CT molecular complexity index is 2520. The number of halogens is 6. The van der Waals surface area contributed by atoms with Gasteiger partial charge in [-0.25, -0.2) is 0 Å². The average Bonchev–Trinajstić information content (AvgIpc) is 3.72. The van der Waals surface area contributed by atoms with E-state index in [0.29, 0.717) is 21.3 Å². The van der Waals surface area contributed by atoms with E-state index < -0.39 is 38.4 Å². The first-order valence-corrected chi connectivity index (χ1v) is 18.7. The molecule has 10 heteroatoms. The number of fused-ring (bicyclic) bond motifs is 12. The molecule has 0 radical (unpaired) electrons. The lowest BCUT2D eigenvalue weighted by atomic mass is 9.67. The van der Waals surface area contributed by atoms with Gasteiger partial charge in [-0.3, -0.25) is 0 Å². The summed E-state index contributed by atoms with van der Waals surface area (Å²) in [5.41, 5.74) is -1.31. The zero-order chi connectivity index (χ0) is 36.1. The summed E-state index contributed by atoms with van der Waals surface area (Å²) in [5.74, 6) is -15.3. The van der Waals surface area contributed by atoms with Crippen molar-refractivity contribution in [2.45, 2.75) is 37.1 Å². The Morgan fingerprint density at radius 3 is 1.28 bits per heavy atom. The lowest BCUT2D eigenvalue weighted by molar-refractivity contribution is -0.257. The number of hydrogen-bond acceptors (Lipinski definition) is 4. The summed E-state index contributed by atoms with van der Waals surface area (Å²) in [4.78, 5) is 1.01. The molecule has 1 fully saturated rings. The van der Waals surface area contributed by atoms with Crippen molar-refractivity contribution in [2.75, 3.05) is 13.2 Å². The molecule has 6 aromatic rings. The second-order valence-electron chi connectivity index (χ2n) is 14.0. The molecule has 2 aliphatic carbocycles. The largest absolute Gasteiger partial charge is 0.491 e. The molecule has 0 bridgehead atoms. The third-order valence-corrected chi connectivity index (χ3v) is 14.7. The van der Waals surface area contributed by atoms with Gasteiger partial charge in [0.05, 0.1) is 0 Å². The second-order valence-corrected chi connectivity index (χ2v) is 16.7. The zero-order valence-corrected chi connectivity index (χ0v) is 29.0. The predicted molar refractivity (Wildman–Crippen MR) is 197 cm³/mol. The second kappa shape index (κ2) is 10.2. The maximum absolute atomic E-state index is 16.5. The summed E-state index contributed by atoms with van der Waals surface area (Å²) < 4.78 is 109. The van der Waals surface area contributed by atoms with E-state index >= 15 is 26.3 Å². The molecule has 262 valence electrons. The van der Waals surface area contributed by atoms with Gasteiger partial charge < -0.3 is 9.47 Å². The van der Waals surface area contributed by atoms with Crippen LogP contribution < -0.4 is 9.47 Å². The van der Waals surface area contributed by atoms with Gasteiger partial charge in [0.25, 0.3) is 0 Å². The molecule has 2 spiro atoms. The molecule has 11 rings (SSSR count). The minimum absolute atomic E-state index is 0.207. The van der Waals surface area contributed by atoms with E-state index in [1.54, 1.807) is 48.5 Å². The van der Waals surface area contributed by atoms with Crippen molar-refractivity contribution in [1.82, 2.24) is 0 Å². The monoisotopic (exact) mass is 750 g/mol. The first-order valence-electron chi connectivity index (χ1n) is 17.0. The summed E-state index contributed by atoms with van der Waals surface area (Å²) in [5, 5.41) is 3.57. The maximum Gasteiger partial charge on any atom is 0.380 e. The number of benzene rings is 6. The Kier molecular flexibility index (Phi) is 6.12. The number of rotatable bonds is 0. The highest BCUT2D eigenvalue weighted by Crippen LogP contribution is 2.78. The van der Waals surface area contributed by atoms with Crippen molar-refractivity contribution in [1.29, 1.82) is 0 Å². The third kappa shape index (κ3) is 3.67. The van der Waals surface area contributed by atoms with Crippen molar-refractivity contribution in [3.63, 3.8) is 0 Å².